The number of amides is 1. The maximum Gasteiger partial charge on any atom is 0.417 e. The van der Waals surface area contributed by atoms with Crippen molar-refractivity contribution in [2.75, 3.05) is 26.2 Å². The van der Waals surface area contributed by atoms with Crippen LogP contribution in [0.15, 0.2) is 72.8 Å². The van der Waals surface area contributed by atoms with Crippen molar-refractivity contribution in [3.8, 4) is 0 Å². The molecule has 1 saturated heterocycles. The highest BCUT2D eigenvalue weighted by molar-refractivity contribution is 5.96. The topological polar surface area (TPSA) is 23.6 Å². The summed E-state index contributed by atoms with van der Waals surface area (Å²) in [5.74, 6) is -1.42. The Morgan fingerprint density at radius 2 is 1.21 bits per heavy atom. The summed E-state index contributed by atoms with van der Waals surface area (Å²) in [5, 5.41) is 0. The van der Waals surface area contributed by atoms with Crippen LogP contribution in [0.5, 0.6) is 0 Å². The number of nitrogens with zero attached hydrogens (tertiary/aromatic N) is 2. The fourth-order valence-corrected chi connectivity index (χ4v) is 4.17. The Morgan fingerprint density at radius 3 is 1.70 bits per heavy atom. The van der Waals surface area contributed by atoms with Crippen LogP contribution in [0.4, 0.5) is 22.0 Å². The lowest BCUT2D eigenvalue weighted by Gasteiger charge is -2.40. The van der Waals surface area contributed by atoms with Gasteiger partial charge in [0.25, 0.3) is 5.91 Å². The average Bonchev–Trinajstić information content (AvgIpc) is 2.81. The van der Waals surface area contributed by atoms with Gasteiger partial charge in [0.2, 0.25) is 0 Å². The second kappa shape index (κ2) is 9.31. The van der Waals surface area contributed by atoms with Gasteiger partial charge in [0.1, 0.15) is 11.6 Å². The second-order valence-corrected chi connectivity index (χ2v) is 7.88. The number of piperazine rings is 1. The number of rotatable bonds is 4. The van der Waals surface area contributed by atoms with Gasteiger partial charge >= 0.3 is 6.18 Å². The Balaban J connectivity index is 1.55. The minimum absolute atomic E-state index is 0.226. The molecule has 0 aromatic heterocycles. The van der Waals surface area contributed by atoms with E-state index in [1.165, 1.54) is 47.4 Å². The largest absolute Gasteiger partial charge is 0.417 e. The number of carbonyl (C=O) groups excluding carboxylic acids is 1. The number of hydrogen-bond donors (Lipinski definition) is 0. The molecule has 0 unspecified atom stereocenters. The molecule has 0 atom stereocenters. The van der Waals surface area contributed by atoms with E-state index in [1.54, 1.807) is 24.3 Å². The van der Waals surface area contributed by atoms with Crippen LogP contribution in [-0.2, 0) is 6.18 Å². The van der Waals surface area contributed by atoms with E-state index in [4.69, 9.17) is 0 Å². The molecule has 172 valence electrons. The molecule has 0 radical (unpaired) electrons. The van der Waals surface area contributed by atoms with E-state index in [9.17, 15) is 26.7 Å². The maximum absolute atomic E-state index is 13.5. The lowest BCUT2D eigenvalue weighted by molar-refractivity contribution is -0.138. The van der Waals surface area contributed by atoms with Crippen molar-refractivity contribution in [2.45, 2.75) is 12.2 Å². The van der Waals surface area contributed by atoms with Gasteiger partial charge in [-0.15, -0.1) is 0 Å². The first-order chi connectivity index (χ1) is 15.7. The second-order valence-electron chi connectivity index (χ2n) is 7.88. The molecule has 0 saturated carbocycles. The fraction of sp³-hybridized carbons (Fsp3) is 0.240. The molecule has 1 heterocycles. The van der Waals surface area contributed by atoms with Crippen molar-refractivity contribution < 1.29 is 26.7 Å². The standard InChI is InChI=1S/C25H21F5N2O/c26-19-9-5-17(6-10-19)23(18-7-11-20(27)12-8-18)31-13-15-32(16-14-31)24(33)21-3-1-2-4-22(21)25(28,29)30/h1-12,23H,13-16H2. The number of carbonyl (C=O) groups is 1. The van der Waals surface area contributed by atoms with Gasteiger partial charge in [-0.3, -0.25) is 9.69 Å². The molecule has 1 aliphatic rings. The summed E-state index contributed by atoms with van der Waals surface area (Å²) in [7, 11) is 0. The molecule has 1 aliphatic heterocycles. The third-order valence-electron chi connectivity index (χ3n) is 5.80. The monoisotopic (exact) mass is 460 g/mol. The minimum atomic E-state index is -4.62. The molecule has 8 heteroatoms. The third kappa shape index (κ3) is 5.06. The summed E-state index contributed by atoms with van der Waals surface area (Å²) < 4.78 is 67.0. The van der Waals surface area contributed by atoms with Gasteiger partial charge in [0, 0.05) is 26.2 Å². The van der Waals surface area contributed by atoms with E-state index in [0.717, 1.165) is 17.2 Å². The zero-order chi connectivity index (χ0) is 23.6. The smallest absolute Gasteiger partial charge is 0.336 e. The predicted molar refractivity (Wildman–Crippen MR) is 114 cm³/mol. The van der Waals surface area contributed by atoms with Gasteiger partial charge in [-0.2, -0.15) is 13.2 Å². The van der Waals surface area contributed by atoms with Crippen molar-refractivity contribution in [1.29, 1.82) is 0 Å². The summed E-state index contributed by atoms with van der Waals surface area (Å²) in [6.45, 7) is 1.23. The summed E-state index contributed by atoms with van der Waals surface area (Å²) in [6, 6.07) is 16.5. The van der Waals surface area contributed by atoms with E-state index >= 15 is 0 Å². The van der Waals surface area contributed by atoms with Crippen molar-refractivity contribution in [3.05, 3.63) is 107 Å². The Hall–Kier alpha value is -3.26. The predicted octanol–water partition coefficient (Wildman–Crippen LogP) is 5.53. The molecule has 0 aliphatic carbocycles. The molecule has 3 aromatic rings. The molecule has 0 N–H and O–H groups in total. The van der Waals surface area contributed by atoms with Crippen LogP contribution in [-0.4, -0.2) is 41.9 Å². The molecule has 1 amide bonds. The lowest BCUT2D eigenvalue weighted by atomic mass is 9.96. The minimum Gasteiger partial charge on any atom is -0.336 e. The van der Waals surface area contributed by atoms with Crippen molar-refractivity contribution in [2.24, 2.45) is 0 Å². The number of halogens is 5. The van der Waals surface area contributed by atoms with Gasteiger partial charge in [-0.05, 0) is 47.5 Å². The molecular formula is C25H21F5N2O. The summed E-state index contributed by atoms with van der Waals surface area (Å²) in [6.07, 6.45) is -4.62. The van der Waals surface area contributed by atoms with Crippen molar-refractivity contribution in [1.82, 2.24) is 9.80 Å². The van der Waals surface area contributed by atoms with Crippen molar-refractivity contribution in [3.63, 3.8) is 0 Å². The highest BCUT2D eigenvalue weighted by Gasteiger charge is 2.37. The first-order valence-corrected chi connectivity index (χ1v) is 10.4. The molecule has 3 nitrogen and oxygen atoms in total. The van der Waals surface area contributed by atoms with Crippen LogP contribution in [0.2, 0.25) is 0 Å². The van der Waals surface area contributed by atoms with Crippen LogP contribution >= 0.6 is 0 Å². The molecule has 0 spiro atoms. The number of alkyl halides is 3. The van der Waals surface area contributed by atoms with Gasteiger partial charge in [0.05, 0.1) is 17.2 Å². The first-order valence-electron chi connectivity index (χ1n) is 10.4. The Kier molecular flexibility index (Phi) is 6.47. The van der Waals surface area contributed by atoms with Crippen LogP contribution in [0.1, 0.15) is 33.1 Å². The van der Waals surface area contributed by atoms with Gasteiger partial charge in [-0.1, -0.05) is 36.4 Å². The fourth-order valence-electron chi connectivity index (χ4n) is 4.17. The first kappa shape index (κ1) is 22.9. The number of hydrogen-bond acceptors (Lipinski definition) is 2. The normalized spacial score (nSPS) is 15.2. The van der Waals surface area contributed by atoms with Gasteiger partial charge in [-0.25, -0.2) is 8.78 Å². The highest BCUT2D eigenvalue weighted by Crippen LogP contribution is 2.33. The molecule has 4 rings (SSSR count). The van der Waals surface area contributed by atoms with Gasteiger partial charge in [0.15, 0.2) is 0 Å². The molecule has 33 heavy (non-hydrogen) atoms. The van der Waals surface area contributed by atoms with E-state index in [0.29, 0.717) is 13.1 Å². The zero-order valence-electron chi connectivity index (χ0n) is 17.5. The molecule has 3 aromatic carbocycles. The van der Waals surface area contributed by atoms with E-state index in [1.807, 2.05) is 0 Å². The third-order valence-corrected chi connectivity index (χ3v) is 5.80. The quantitative estimate of drug-likeness (QED) is 0.478. The Bertz CT molecular complexity index is 1060. The Labute approximate surface area is 188 Å². The molecular weight excluding hydrogens is 439 g/mol. The van der Waals surface area contributed by atoms with E-state index in [-0.39, 0.29) is 36.3 Å². The van der Waals surface area contributed by atoms with E-state index in [2.05, 4.69) is 4.90 Å². The summed E-state index contributed by atoms with van der Waals surface area (Å²) >= 11 is 0. The van der Waals surface area contributed by atoms with Crippen LogP contribution in [0.3, 0.4) is 0 Å². The van der Waals surface area contributed by atoms with Crippen LogP contribution in [0, 0.1) is 11.6 Å². The summed E-state index contributed by atoms with van der Waals surface area (Å²) in [4.78, 5) is 16.3. The molecule has 1 fully saturated rings. The highest BCUT2D eigenvalue weighted by atomic mass is 19.4. The van der Waals surface area contributed by atoms with Crippen molar-refractivity contribution >= 4 is 5.91 Å². The SMILES string of the molecule is O=C(c1ccccc1C(F)(F)F)N1CCN(C(c2ccc(F)cc2)c2ccc(F)cc2)CC1. The zero-order valence-corrected chi connectivity index (χ0v) is 17.5. The lowest BCUT2D eigenvalue weighted by Crippen LogP contribution is -2.50. The average molecular weight is 460 g/mol. The molecule has 0 bridgehead atoms. The number of benzene rings is 3. The van der Waals surface area contributed by atoms with Crippen LogP contribution < -0.4 is 0 Å². The van der Waals surface area contributed by atoms with E-state index < -0.39 is 17.6 Å². The van der Waals surface area contributed by atoms with Gasteiger partial charge < -0.3 is 4.90 Å². The Morgan fingerprint density at radius 1 is 0.727 bits per heavy atom. The summed E-state index contributed by atoms with van der Waals surface area (Å²) in [5.41, 5.74) is 0.274. The maximum atomic E-state index is 13.5. The van der Waals surface area contributed by atoms with Crippen LogP contribution in [0.25, 0.3) is 0 Å².